The fourth-order valence-corrected chi connectivity index (χ4v) is 6.55. The van der Waals surface area contributed by atoms with Gasteiger partial charge in [-0.05, 0) is 79.6 Å². The van der Waals surface area contributed by atoms with E-state index >= 15 is 0 Å². The van der Waals surface area contributed by atoms with Gasteiger partial charge in [0.05, 0.1) is 0 Å². The van der Waals surface area contributed by atoms with Crippen LogP contribution in [0.2, 0.25) is 0 Å². The first-order valence-corrected chi connectivity index (χ1v) is 8.77. The maximum atomic E-state index is 11.8. The van der Waals surface area contributed by atoms with Gasteiger partial charge in [0.25, 0.3) is 0 Å². The number of rotatable bonds is 0. The van der Waals surface area contributed by atoms with Gasteiger partial charge in [-0.25, -0.2) is 0 Å². The van der Waals surface area contributed by atoms with Crippen LogP contribution in [0.1, 0.15) is 71.6 Å². The average Bonchev–Trinajstić information content (AvgIpc) is 2.81. The molecule has 5 atom stereocenters. The van der Waals surface area contributed by atoms with Crippen molar-refractivity contribution in [2.75, 3.05) is 0 Å². The molecule has 0 aromatic carbocycles. The monoisotopic (exact) mass is 272 g/mol. The molecule has 0 unspecified atom stereocenters. The second kappa shape index (κ2) is 4.21. The van der Waals surface area contributed by atoms with Crippen LogP contribution in [-0.2, 0) is 4.79 Å². The molecular formula is C19H28O. The molecule has 0 radical (unpaired) electrons. The number of carbonyl (C=O) groups is 1. The highest BCUT2D eigenvalue weighted by atomic mass is 16.1. The van der Waals surface area contributed by atoms with Gasteiger partial charge >= 0.3 is 0 Å². The van der Waals surface area contributed by atoms with Crippen LogP contribution in [0.3, 0.4) is 0 Å². The van der Waals surface area contributed by atoms with E-state index in [1.807, 2.05) is 6.08 Å². The van der Waals surface area contributed by atoms with Gasteiger partial charge in [-0.15, -0.1) is 0 Å². The summed E-state index contributed by atoms with van der Waals surface area (Å²) in [5, 5.41) is 0. The molecule has 0 saturated heterocycles. The molecule has 0 aliphatic heterocycles. The van der Waals surface area contributed by atoms with Crippen LogP contribution < -0.4 is 0 Å². The Hall–Kier alpha value is -0.590. The van der Waals surface area contributed by atoms with E-state index in [2.05, 4.69) is 13.8 Å². The first-order valence-electron chi connectivity index (χ1n) is 8.77. The molecule has 3 saturated carbocycles. The van der Waals surface area contributed by atoms with Crippen molar-refractivity contribution in [1.82, 2.24) is 0 Å². The quantitative estimate of drug-likeness (QED) is 0.612. The van der Waals surface area contributed by atoms with Gasteiger partial charge in [-0.1, -0.05) is 25.8 Å². The van der Waals surface area contributed by atoms with Gasteiger partial charge < -0.3 is 0 Å². The van der Waals surface area contributed by atoms with Crippen molar-refractivity contribution in [2.45, 2.75) is 71.6 Å². The number of carbonyl (C=O) groups excluding carboxylic acids is 1. The van der Waals surface area contributed by atoms with Gasteiger partial charge in [-0.2, -0.15) is 0 Å². The SMILES string of the molecule is C[C@]12CCC[C@@H]1[C@H]1CCC3=CC(=O)CC[C@@]3(C)[C@@H]1CC2. The summed E-state index contributed by atoms with van der Waals surface area (Å²) in [6.45, 7) is 5.05. The minimum atomic E-state index is 0.362. The van der Waals surface area contributed by atoms with E-state index in [0.29, 0.717) is 16.6 Å². The molecule has 1 nitrogen and oxygen atoms in total. The zero-order chi connectivity index (χ0) is 14.0. The van der Waals surface area contributed by atoms with E-state index in [1.165, 1.54) is 50.5 Å². The van der Waals surface area contributed by atoms with Crippen molar-refractivity contribution in [3.8, 4) is 0 Å². The number of allylic oxidation sites excluding steroid dienone is 1. The molecule has 4 aliphatic rings. The number of hydrogen-bond acceptors (Lipinski definition) is 1. The van der Waals surface area contributed by atoms with E-state index in [4.69, 9.17) is 0 Å². The fourth-order valence-electron chi connectivity index (χ4n) is 6.55. The molecule has 0 bridgehead atoms. The second-order valence-electron chi connectivity index (χ2n) is 8.55. The van der Waals surface area contributed by atoms with E-state index in [0.717, 1.165) is 30.6 Å². The van der Waals surface area contributed by atoms with Crippen LogP contribution in [0.4, 0.5) is 0 Å². The summed E-state index contributed by atoms with van der Waals surface area (Å²) >= 11 is 0. The molecule has 4 rings (SSSR count). The van der Waals surface area contributed by atoms with Crippen molar-refractivity contribution in [3.05, 3.63) is 11.6 Å². The summed E-state index contributed by atoms with van der Waals surface area (Å²) in [7, 11) is 0. The van der Waals surface area contributed by atoms with Crippen LogP contribution >= 0.6 is 0 Å². The molecule has 0 N–H and O–H groups in total. The highest BCUT2D eigenvalue weighted by Crippen LogP contribution is 2.65. The Morgan fingerprint density at radius 3 is 2.70 bits per heavy atom. The molecule has 0 aromatic rings. The van der Waals surface area contributed by atoms with Gasteiger partial charge in [0.15, 0.2) is 5.78 Å². The molecule has 0 heterocycles. The standard InChI is InChI=1S/C19H28O/c1-18-9-3-4-16(18)15-6-5-13-12-14(20)7-11-19(13,2)17(15)8-10-18/h12,15-17H,3-11H2,1-2H3/t15-,16-,17-,18-,19-/m1/s1. The highest BCUT2D eigenvalue weighted by Gasteiger charge is 2.55. The molecule has 4 aliphatic carbocycles. The Labute approximate surface area is 123 Å². The smallest absolute Gasteiger partial charge is 0.155 e. The molecule has 20 heavy (non-hydrogen) atoms. The molecule has 3 fully saturated rings. The van der Waals surface area contributed by atoms with Gasteiger partial charge in [0.1, 0.15) is 0 Å². The van der Waals surface area contributed by atoms with E-state index in [1.54, 1.807) is 0 Å². The van der Waals surface area contributed by atoms with Crippen LogP contribution in [0.5, 0.6) is 0 Å². The first-order chi connectivity index (χ1) is 9.53. The summed E-state index contributed by atoms with van der Waals surface area (Å²) in [5.74, 6) is 3.19. The predicted octanol–water partition coefficient (Wildman–Crippen LogP) is 4.91. The second-order valence-corrected chi connectivity index (χ2v) is 8.55. The Morgan fingerprint density at radius 2 is 1.85 bits per heavy atom. The van der Waals surface area contributed by atoms with Crippen molar-refractivity contribution in [3.63, 3.8) is 0 Å². The lowest BCUT2D eigenvalue weighted by Crippen LogP contribution is -2.49. The van der Waals surface area contributed by atoms with Crippen molar-refractivity contribution in [1.29, 1.82) is 0 Å². The minimum Gasteiger partial charge on any atom is -0.295 e. The number of fused-ring (bicyclic) bond motifs is 5. The largest absolute Gasteiger partial charge is 0.295 e. The van der Waals surface area contributed by atoms with Gasteiger partial charge in [-0.3, -0.25) is 4.79 Å². The van der Waals surface area contributed by atoms with E-state index < -0.39 is 0 Å². The Kier molecular flexibility index (Phi) is 2.76. The lowest BCUT2D eigenvalue weighted by molar-refractivity contribution is -0.117. The molecule has 0 amide bonds. The Balaban J connectivity index is 1.69. The zero-order valence-electron chi connectivity index (χ0n) is 13.1. The molecule has 0 spiro atoms. The lowest BCUT2D eigenvalue weighted by atomic mass is 9.47. The van der Waals surface area contributed by atoms with Crippen molar-refractivity contribution < 1.29 is 4.79 Å². The molecular weight excluding hydrogens is 244 g/mol. The van der Waals surface area contributed by atoms with E-state index in [-0.39, 0.29) is 0 Å². The maximum Gasteiger partial charge on any atom is 0.155 e. The number of hydrogen-bond donors (Lipinski definition) is 0. The van der Waals surface area contributed by atoms with Crippen molar-refractivity contribution in [2.24, 2.45) is 28.6 Å². The zero-order valence-corrected chi connectivity index (χ0v) is 13.1. The third-order valence-corrected chi connectivity index (χ3v) is 7.74. The normalized spacial score (nSPS) is 51.0. The summed E-state index contributed by atoms with van der Waals surface area (Å²) in [4.78, 5) is 11.8. The van der Waals surface area contributed by atoms with Crippen molar-refractivity contribution >= 4 is 5.78 Å². The highest BCUT2D eigenvalue weighted by molar-refractivity contribution is 5.91. The lowest BCUT2D eigenvalue weighted by Gasteiger charge is -2.57. The predicted molar refractivity (Wildman–Crippen MR) is 81.3 cm³/mol. The number of ketones is 1. The summed E-state index contributed by atoms with van der Waals surface area (Å²) in [5.41, 5.74) is 2.53. The molecule has 0 aromatic heterocycles. The third-order valence-electron chi connectivity index (χ3n) is 7.74. The molecule has 1 heteroatoms. The maximum absolute atomic E-state index is 11.8. The summed E-state index contributed by atoms with van der Waals surface area (Å²) in [6.07, 6.45) is 13.8. The van der Waals surface area contributed by atoms with Gasteiger partial charge in [0.2, 0.25) is 0 Å². The summed E-state index contributed by atoms with van der Waals surface area (Å²) in [6, 6.07) is 0. The summed E-state index contributed by atoms with van der Waals surface area (Å²) < 4.78 is 0. The topological polar surface area (TPSA) is 17.1 Å². The van der Waals surface area contributed by atoms with Crippen LogP contribution in [0.25, 0.3) is 0 Å². The Bertz CT molecular complexity index is 476. The average molecular weight is 272 g/mol. The Morgan fingerprint density at radius 1 is 1.00 bits per heavy atom. The first kappa shape index (κ1) is 13.1. The minimum absolute atomic E-state index is 0.362. The van der Waals surface area contributed by atoms with Crippen LogP contribution in [0, 0.1) is 28.6 Å². The molecule has 110 valence electrons. The van der Waals surface area contributed by atoms with Crippen LogP contribution in [-0.4, -0.2) is 5.78 Å². The van der Waals surface area contributed by atoms with E-state index in [9.17, 15) is 4.79 Å². The third kappa shape index (κ3) is 1.64. The van der Waals surface area contributed by atoms with Crippen LogP contribution in [0.15, 0.2) is 11.6 Å². The van der Waals surface area contributed by atoms with Gasteiger partial charge in [0, 0.05) is 6.42 Å². The fraction of sp³-hybridized carbons (Fsp3) is 0.842.